The number of hydrogen-bond acceptors (Lipinski definition) is 10. The first-order chi connectivity index (χ1) is 12.9. The van der Waals surface area contributed by atoms with Crippen LogP contribution in [0.5, 0.6) is 0 Å². The summed E-state index contributed by atoms with van der Waals surface area (Å²) < 4.78 is 5.79. The van der Waals surface area contributed by atoms with Gasteiger partial charge in [0.2, 0.25) is 23.7 Å². The van der Waals surface area contributed by atoms with Gasteiger partial charge < -0.3 is 19.9 Å². The summed E-state index contributed by atoms with van der Waals surface area (Å²) in [6.45, 7) is 2.70. The van der Waals surface area contributed by atoms with Crippen molar-refractivity contribution in [1.29, 1.82) is 0 Å². The second-order valence-electron chi connectivity index (χ2n) is 6.16. The zero-order valence-corrected chi connectivity index (χ0v) is 16.8. The second kappa shape index (κ2) is 8.76. The Morgan fingerprint density at radius 2 is 2.04 bits per heavy atom. The Balaban J connectivity index is 1.66. The Labute approximate surface area is 166 Å². The number of morpholine rings is 1. The van der Waals surface area contributed by atoms with Crippen LogP contribution in [0.2, 0.25) is 0 Å². The first kappa shape index (κ1) is 19.7. The number of thioether (sulfide) groups is 1. The fourth-order valence-corrected chi connectivity index (χ4v) is 3.56. The summed E-state index contributed by atoms with van der Waals surface area (Å²) in [7, 11) is 3.69. The van der Waals surface area contributed by atoms with E-state index < -0.39 is 0 Å². The molecule has 0 atom stereocenters. The monoisotopic (exact) mass is 411 g/mol. The van der Waals surface area contributed by atoms with Crippen molar-refractivity contribution in [2.75, 3.05) is 62.5 Å². The maximum absolute atomic E-state index is 12.2. The van der Waals surface area contributed by atoms with Gasteiger partial charge in [0.1, 0.15) is 10.9 Å². The van der Waals surface area contributed by atoms with Gasteiger partial charge in [-0.25, -0.2) is 0 Å². The van der Waals surface area contributed by atoms with Crippen LogP contribution in [-0.4, -0.2) is 88.7 Å². The number of anilines is 2. The maximum atomic E-state index is 12.2. The van der Waals surface area contributed by atoms with Crippen LogP contribution in [0.15, 0.2) is 0 Å². The van der Waals surface area contributed by atoms with E-state index >= 15 is 0 Å². The van der Waals surface area contributed by atoms with E-state index in [0.29, 0.717) is 48.3 Å². The quantitative estimate of drug-likeness (QED) is 0.601. The van der Waals surface area contributed by atoms with E-state index in [9.17, 15) is 9.59 Å². The lowest BCUT2D eigenvalue weighted by atomic mass is 10.4. The Bertz CT molecular complexity index is 724. The van der Waals surface area contributed by atoms with Crippen LogP contribution in [0.3, 0.4) is 0 Å². The lowest BCUT2D eigenvalue weighted by Crippen LogP contribution is -2.40. The van der Waals surface area contributed by atoms with Crippen molar-refractivity contribution in [1.82, 2.24) is 25.2 Å². The molecule has 2 aliphatic heterocycles. The molecule has 0 bridgehead atoms. The van der Waals surface area contributed by atoms with Crippen molar-refractivity contribution in [2.24, 2.45) is 0 Å². The van der Waals surface area contributed by atoms with E-state index in [1.165, 1.54) is 16.7 Å². The first-order valence-corrected chi connectivity index (χ1v) is 9.82. The fraction of sp³-hybridized carbons (Fsp3) is 0.600. The third-order valence-corrected chi connectivity index (χ3v) is 5.37. The average molecular weight is 412 g/mol. The molecular weight excluding hydrogens is 390 g/mol. The summed E-state index contributed by atoms with van der Waals surface area (Å²) in [5.74, 6) is 1.36. The summed E-state index contributed by atoms with van der Waals surface area (Å²) in [6.07, 6.45) is 0. The van der Waals surface area contributed by atoms with E-state index in [1.807, 2.05) is 19.0 Å². The Kier molecular flexibility index (Phi) is 6.39. The van der Waals surface area contributed by atoms with Gasteiger partial charge in [0.25, 0.3) is 0 Å². The molecule has 0 saturated carbocycles. The number of carbonyl (C=O) groups excluding carboxylic acids is 2. The lowest BCUT2D eigenvalue weighted by molar-refractivity contribution is -0.129. The molecule has 1 aromatic heterocycles. The van der Waals surface area contributed by atoms with Crippen molar-refractivity contribution in [3.8, 4) is 0 Å². The minimum absolute atomic E-state index is 0.0907. The van der Waals surface area contributed by atoms with Gasteiger partial charge in [-0.15, -0.1) is 0 Å². The van der Waals surface area contributed by atoms with Crippen LogP contribution in [0.25, 0.3) is 0 Å². The van der Waals surface area contributed by atoms with Gasteiger partial charge in [-0.1, -0.05) is 24.0 Å². The highest BCUT2D eigenvalue weighted by atomic mass is 32.2. The van der Waals surface area contributed by atoms with Crippen LogP contribution in [0, 0.1) is 0 Å². The van der Waals surface area contributed by atoms with Crippen LogP contribution < -0.4 is 15.1 Å². The number of hydrogen-bond donors (Lipinski definition) is 1. The van der Waals surface area contributed by atoms with Crippen molar-refractivity contribution in [2.45, 2.75) is 6.54 Å². The van der Waals surface area contributed by atoms with Gasteiger partial charge in [-0.05, 0) is 0 Å². The number of aromatic nitrogens is 3. The van der Waals surface area contributed by atoms with E-state index in [2.05, 4.69) is 20.3 Å². The molecule has 2 fully saturated rings. The molecule has 0 aromatic carbocycles. The topological polar surface area (TPSA) is 104 Å². The molecule has 2 amide bonds. The summed E-state index contributed by atoms with van der Waals surface area (Å²) in [6, 6.07) is 0. The standard InChI is InChI=1S/C15H21N7O3S2/c1-20(2)13-17-10(18-14(19-13)21-3-5-25-6-4-21)7-16-11(23)8-22-12(24)9-27-15(22)26/h3-9H2,1-2H3,(H,16,23). The Hall–Kier alpha value is -2.05. The molecule has 12 heteroatoms. The number of amides is 2. The molecule has 0 radical (unpaired) electrons. The molecule has 27 heavy (non-hydrogen) atoms. The number of nitrogens with zero attached hydrogens (tertiary/aromatic N) is 6. The maximum Gasteiger partial charge on any atom is 0.240 e. The van der Waals surface area contributed by atoms with Gasteiger partial charge in [0.15, 0.2) is 5.82 Å². The predicted octanol–water partition coefficient (Wildman–Crippen LogP) is -0.749. The highest BCUT2D eigenvalue weighted by Crippen LogP contribution is 2.18. The summed E-state index contributed by atoms with van der Waals surface area (Å²) in [5, 5.41) is 2.75. The summed E-state index contributed by atoms with van der Waals surface area (Å²) in [4.78, 5) is 42.4. The van der Waals surface area contributed by atoms with Gasteiger partial charge >= 0.3 is 0 Å². The van der Waals surface area contributed by atoms with E-state index in [-0.39, 0.29) is 30.7 Å². The second-order valence-corrected chi connectivity index (χ2v) is 7.77. The number of ether oxygens (including phenoxy) is 1. The molecule has 0 aliphatic carbocycles. The predicted molar refractivity (Wildman–Crippen MR) is 106 cm³/mol. The highest BCUT2D eigenvalue weighted by molar-refractivity contribution is 8.23. The van der Waals surface area contributed by atoms with Crippen molar-refractivity contribution in [3.63, 3.8) is 0 Å². The van der Waals surface area contributed by atoms with Gasteiger partial charge in [-0.2, -0.15) is 15.0 Å². The molecular formula is C15H21N7O3S2. The SMILES string of the molecule is CN(C)c1nc(CNC(=O)CN2C(=O)CSC2=S)nc(N2CCOCC2)n1. The third-order valence-electron chi connectivity index (χ3n) is 3.94. The summed E-state index contributed by atoms with van der Waals surface area (Å²) in [5.41, 5.74) is 0. The smallest absolute Gasteiger partial charge is 0.240 e. The Morgan fingerprint density at radius 3 is 2.67 bits per heavy atom. The zero-order chi connectivity index (χ0) is 19.4. The lowest BCUT2D eigenvalue weighted by Gasteiger charge is -2.27. The number of rotatable bonds is 6. The van der Waals surface area contributed by atoms with Crippen LogP contribution in [0.1, 0.15) is 5.82 Å². The highest BCUT2D eigenvalue weighted by Gasteiger charge is 2.28. The van der Waals surface area contributed by atoms with Crippen molar-refractivity contribution < 1.29 is 14.3 Å². The van der Waals surface area contributed by atoms with Crippen LogP contribution in [-0.2, 0) is 20.9 Å². The van der Waals surface area contributed by atoms with Gasteiger partial charge in [0.05, 0.1) is 25.5 Å². The fourth-order valence-electron chi connectivity index (χ4n) is 2.49. The third kappa shape index (κ3) is 5.02. The van der Waals surface area contributed by atoms with Crippen molar-refractivity contribution in [3.05, 3.63) is 5.82 Å². The molecule has 146 valence electrons. The largest absolute Gasteiger partial charge is 0.378 e. The molecule has 3 rings (SSSR count). The van der Waals surface area contributed by atoms with Crippen molar-refractivity contribution >= 4 is 52.0 Å². The zero-order valence-electron chi connectivity index (χ0n) is 15.2. The minimum atomic E-state index is -0.312. The minimum Gasteiger partial charge on any atom is -0.378 e. The molecule has 0 spiro atoms. The molecule has 1 aromatic rings. The molecule has 2 saturated heterocycles. The molecule has 10 nitrogen and oxygen atoms in total. The van der Waals surface area contributed by atoms with E-state index in [1.54, 1.807) is 4.90 Å². The number of thiocarbonyl (C=S) groups is 1. The first-order valence-electron chi connectivity index (χ1n) is 8.43. The molecule has 0 unspecified atom stereocenters. The van der Waals surface area contributed by atoms with Crippen LogP contribution >= 0.6 is 24.0 Å². The van der Waals surface area contributed by atoms with Gasteiger partial charge in [-0.3, -0.25) is 14.5 Å². The molecule has 1 N–H and O–H groups in total. The molecule has 3 heterocycles. The summed E-state index contributed by atoms with van der Waals surface area (Å²) >= 11 is 6.35. The Morgan fingerprint density at radius 1 is 1.30 bits per heavy atom. The van der Waals surface area contributed by atoms with E-state index in [4.69, 9.17) is 17.0 Å². The van der Waals surface area contributed by atoms with Crippen LogP contribution in [0.4, 0.5) is 11.9 Å². The number of nitrogens with one attached hydrogen (secondary N) is 1. The average Bonchev–Trinajstić information content (AvgIpc) is 2.99. The van der Waals surface area contributed by atoms with Gasteiger partial charge in [0, 0.05) is 27.2 Å². The molecule has 2 aliphatic rings. The number of carbonyl (C=O) groups is 2. The normalized spacial score (nSPS) is 17.4. The van der Waals surface area contributed by atoms with E-state index in [0.717, 1.165) is 0 Å².